The standard InChI is InChI=1S/C30H28Cl2F2N2O3/c31-25-4-2-1-3-20(25)18-36(21-7-8-21)30(37)24-17-35-14-13-23(24)19-5-9-22(10-6-19)38-15-16-39-29-27(33)12-11-26(32)28(29)34/h1-6,9-12,21,35H,7-8,13-18H2. The van der Waals surface area contributed by atoms with Crippen LogP contribution in [-0.2, 0) is 11.3 Å². The van der Waals surface area contributed by atoms with E-state index in [2.05, 4.69) is 5.32 Å². The van der Waals surface area contributed by atoms with Crippen molar-refractivity contribution >= 4 is 34.7 Å². The summed E-state index contributed by atoms with van der Waals surface area (Å²) in [4.78, 5) is 15.7. The molecule has 1 saturated carbocycles. The maximum absolute atomic E-state index is 14.0. The number of hydrogen-bond donors (Lipinski definition) is 1. The van der Waals surface area contributed by atoms with Gasteiger partial charge in [0.05, 0.1) is 5.02 Å². The first kappa shape index (κ1) is 27.4. The van der Waals surface area contributed by atoms with Gasteiger partial charge in [-0.1, -0.05) is 53.5 Å². The number of hydrogen-bond acceptors (Lipinski definition) is 4. The summed E-state index contributed by atoms with van der Waals surface area (Å²) in [7, 11) is 0. The molecule has 39 heavy (non-hydrogen) atoms. The zero-order valence-corrected chi connectivity index (χ0v) is 22.7. The van der Waals surface area contributed by atoms with Crippen molar-refractivity contribution in [2.24, 2.45) is 0 Å². The summed E-state index contributed by atoms with van der Waals surface area (Å²) >= 11 is 12.1. The van der Waals surface area contributed by atoms with Crippen LogP contribution in [0.5, 0.6) is 11.5 Å². The Balaban J connectivity index is 1.26. The average Bonchev–Trinajstić information content (AvgIpc) is 3.80. The second-order valence-corrected chi connectivity index (χ2v) is 10.3. The molecule has 1 fully saturated rings. The van der Waals surface area contributed by atoms with E-state index in [9.17, 15) is 13.6 Å². The number of benzene rings is 3. The molecule has 0 atom stereocenters. The largest absolute Gasteiger partial charge is 0.490 e. The van der Waals surface area contributed by atoms with E-state index in [0.717, 1.165) is 60.2 Å². The molecular formula is C30H28Cl2F2N2O3. The third-order valence-electron chi connectivity index (χ3n) is 6.83. The Labute approximate surface area is 236 Å². The van der Waals surface area contributed by atoms with Gasteiger partial charge in [-0.25, -0.2) is 8.78 Å². The van der Waals surface area contributed by atoms with Crippen LogP contribution >= 0.6 is 23.2 Å². The lowest BCUT2D eigenvalue weighted by molar-refractivity contribution is -0.128. The minimum Gasteiger partial charge on any atom is -0.490 e. The quantitative estimate of drug-likeness (QED) is 0.218. The van der Waals surface area contributed by atoms with E-state index in [0.29, 0.717) is 23.9 Å². The molecule has 0 radical (unpaired) electrons. The molecule has 9 heteroatoms. The van der Waals surface area contributed by atoms with E-state index in [-0.39, 0.29) is 30.2 Å². The Hall–Kier alpha value is -3.13. The second kappa shape index (κ2) is 12.4. The molecule has 0 bridgehead atoms. The van der Waals surface area contributed by atoms with Gasteiger partial charge < -0.3 is 19.7 Å². The highest BCUT2D eigenvalue weighted by Crippen LogP contribution is 2.34. The predicted molar refractivity (Wildman–Crippen MR) is 148 cm³/mol. The molecule has 0 spiro atoms. The summed E-state index contributed by atoms with van der Waals surface area (Å²) < 4.78 is 38.7. The Morgan fingerprint density at radius 1 is 0.949 bits per heavy atom. The van der Waals surface area contributed by atoms with Gasteiger partial charge in [0.15, 0.2) is 17.4 Å². The average molecular weight is 573 g/mol. The molecule has 1 amide bonds. The van der Waals surface area contributed by atoms with Crippen LogP contribution in [0.25, 0.3) is 5.57 Å². The van der Waals surface area contributed by atoms with Crippen LogP contribution in [0.1, 0.15) is 30.4 Å². The highest BCUT2D eigenvalue weighted by molar-refractivity contribution is 6.31. The normalized spacial score (nSPS) is 15.3. The lowest BCUT2D eigenvalue weighted by atomic mass is 9.93. The van der Waals surface area contributed by atoms with Gasteiger partial charge >= 0.3 is 0 Å². The molecule has 1 heterocycles. The molecule has 1 aliphatic carbocycles. The van der Waals surface area contributed by atoms with Crippen LogP contribution in [-0.4, -0.2) is 43.2 Å². The molecule has 0 unspecified atom stereocenters. The van der Waals surface area contributed by atoms with Crippen molar-refractivity contribution in [1.82, 2.24) is 10.2 Å². The van der Waals surface area contributed by atoms with E-state index in [1.807, 2.05) is 53.4 Å². The molecule has 5 rings (SSSR count). The molecule has 1 aliphatic heterocycles. The summed E-state index contributed by atoms with van der Waals surface area (Å²) in [6, 6.07) is 17.5. The molecule has 204 valence electrons. The maximum atomic E-state index is 14.0. The van der Waals surface area contributed by atoms with Crippen molar-refractivity contribution in [3.05, 3.63) is 99.0 Å². The molecule has 3 aromatic rings. The third kappa shape index (κ3) is 6.55. The zero-order valence-electron chi connectivity index (χ0n) is 21.2. The minimum absolute atomic E-state index is 0.0394. The summed E-state index contributed by atoms with van der Waals surface area (Å²) in [5, 5.41) is 3.80. The lowest BCUT2D eigenvalue weighted by Crippen LogP contribution is -2.39. The Morgan fingerprint density at radius 3 is 2.44 bits per heavy atom. The molecule has 3 aromatic carbocycles. The Bertz CT molecular complexity index is 1380. The van der Waals surface area contributed by atoms with Gasteiger partial charge in [0.2, 0.25) is 0 Å². The van der Waals surface area contributed by atoms with Crippen molar-refractivity contribution in [2.45, 2.75) is 31.8 Å². The molecule has 0 aromatic heterocycles. The van der Waals surface area contributed by atoms with Crippen molar-refractivity contribution in [1.29, 1.82) is 0 Å². The van der Waals surface area contributed by atoms with Gasteiger partial charge in [-0.05, 0) is 72.8 Å². The Kier molecular flexibility index (Phi) is 8.70. The first-order chi connectivity index (χ1) is 18.9. The van der Waals surface area contributed by atoms with E-state index in [4.69, 9.17) is 32.7 Å². The fourth-order valence-electron chi connectivity index (χ4n) is 4.64. The summed E-state index contributed by atoms with van der Waals surface area (Å²) in [6.45, 7) is 1.80. The molecule has 1 N–H and O–H groups in total. The van der Waals surface area contributed by atoms with E-state index in [1.165, 1.54) is 0 Å². The first-order valence-electron chi connectivity index (χ1n) is 12.9. The van der Waals surface area contributed by atoms with Crippen LogP contribution in [0.3, 0.4) is 0 Å². The number of amides is 1. The summed E-state index contributed by atoms with van der Waals surface area (Å²) in [5.74, 6) is -1.67. The highest BCUT2D eigenvalue weighted by Gasteiger charge is 2.35. The SMILES string of the molecule is O=C(C1=C(c2ccc(OCCOc3c(F)ccc(Cl)c3F)cc2)CCNC1)N(Cc1ccccc1Cl)C1CC1. The minimum atomic E-state index is -0.936. The fraction of sp³-hybridized carbons (Fsp3) is 0.300. The predicted octanol–water partition coefficient (Wildman–Crippen LogP) is 6.67. The number of halogens is 4. The fourth-order valence-corrected chi connectivity index (χ4v) is 4.98. The van der Waals surface area contributed by atoms with Gasteiger partial charge in [0.1, 0.15) is 19.0 Å². The monoisotopic (exact) mass is 572 g/mol. The van der Waals surface area contributed by atoms with Gasteiger partial charge in [-0.2, -0.15) is 0 Å². The molecule has 2 aliphatic rings. The highest BCUT2D eigenvalue weighted by atomic mass is 35.5. The number of ether oxygens (including phenoxy) is 2. The molecule has 5 nitrogen and oxygen atoms in total. The van der Waals surface area contributed by atoms with Gasteiger partial charge in [0.25, 0.3) is 5.91 Å². The van der Waals surface area contributed by atoms with Crippen molar-refractivity contribution < 1.29 is 23.0 Å². The number of carbonyl (C=O) groups is 1. The van der Waals surface area contributed by atoms with Gasteiger partial charge in [-0.3, -0.25) is 4.79 Å². The van der Waals surface area contributed by atoms with Gasteiger partial charge in [-0.15, -0.1) is 0 Å². The van der Waals surface area contributed by atoms with E-state index < -0.39 is 17.4 Å². The Morgan fingerprint density at radius 2 is 1.69 bits per heavy atom. The first-order valence-corrected chi connectivity index (χ1v) is 13.6. The van der Waals surface area contributed by atoms with Crippen LogP contribution in [0.15, 0.2) is 66.2 Å². The lowest BCUT2D eigenvalue weighted by Gasteiger charge is -2.28. The second-order valence-electron chi connectivity index (χ2n) is 9.53. The molecular weight excluding hydrogens is 545 g/mol. The third-order valence-corrected chi connectivity index (χ3v) is 7.49. The number of rotatable bonds is 10. The van der Waals surface area contributed by atoms with Crippen LogP contribution in [0.2, 0.25) is 10.0 Å². The van der Waals surface area contributed by atoms with Crippen molar-refractivity contribution in [3.8, 4) is 11.5 Å². The van der Waals surface area contributed by atoms with Crippen LogP contribution in [0.4, 0.5) is 8.78 Å². The van der Waals surface area contributed by atoms with Crippen LogP contribution < -0.4 is 14.8 Å². The zero-order chi connectivity index (χ0) is 27.4. The van der Waals surface area contributed by atoms with E-state index in [1.54, 1.807) is 0 Å². The van der Waals surface area contributed by atoms with Crippen LogP contribution in [0, 0.1) is 11.6 Å². The smallest absolute Gasteiger partial charge is 0.251 e. The number of nitrogens with one attached hydrogen (secondary N) is 1. The van der Waals surface area contributed by atoms with Crippen molar-refractivity contribution in [3.63, 3.8) is 0 Å². The maximum Gasteiger partial charge on any atom is 0.251 e. The number of carbonyl (C=O) groups excluding carboxylic acids is 1. The van der Waals surface area contributed by atoms with E-state index >= 15 is 0 Å². The van der Waals surface area contributed by atoms with Gasteiger partial charge in [0, 0.05) is 29.7 Å². The molecule has 0 saturated heterocycles. The number of nitrogens with zero attached hydrogens (tertiary/aromatic N) is 1. The topological polar surface area (TPSA) is 50.8 Å². The summed E-state index contributed by atoms with van der Waals surface area (Å²) in [6.07, 6.45) is 2.73. The van der Waals surface area contributed by atoms with Crippen molar-refractivity contribution in [2.75, 3.05) is 26.3 Å². The summed E-state index contributed by atoms with van der Waals surface area (Å²) in [5.41, 5.74) is 3.69.